The van der Waals surface area contributed by atoms with Gasteiger partial charge in [-0.25, -0.2) is 0 Å². The molecular weight excluding hydrogens is 256 g/mol. The molecule has 1 aromatic rings. The molecule has 1 heterocycles. The highest BCUT2D eigenvalue weighted by Gasteiger charge is 2.18. The minimum Gasteiger partial charge on any atom is -0.468 e. The molecule has 0 radical (unpaired) electrons. The van der Waals surface area contributed by atoms with Crippen LogP contribution in [0.15, 0.2) is 24.5 Å². The Labute approximate surface area is 110 Å². The highest BCUT2D eigenvalue weighted by Crippen LogP contribution is 2.21. The van der Waals surface area contributed by atoms with Crippen LogP contribution in [0.4, 0.5) is 5.69 Å². The molecule has 0 spiro atoms. The minimum atomic E-state index is -0.309. The second-order valence-corrected chi connectivity index (χ2v) is 5.29. The highest BCUT2D eigenvalue weighted by atomic mass is 32.2. The van der Waals surface area contributed by atoms with Crippen LogP contribution in [-0.4, -0.2) is 34.7 Å². The third-order valence-electron chi connectivity index (χ3n) is 2.13. The molecule has 0 bridgehead atoms. The Bertz CT molecular complexity index is 398. The van der Waals surface area contributed by atoms with Crippen LogP contribution in [0.5, 0.6) is 0 Å². The number of pyridine rings is 1. The topological polar surface area (TPSA) is 42.4 Å². The zero-order valence-corrected chi connectivity index (χ0v) is 11.5. The summed E-state index contributed by atoms with van der Waals surface area (Å²) in [5.74, 6) is -0.277. The first kappa shape index (κ1) is 13.9. The van der Waals surface area contributed by atoms with E-state index in [1.165, 1.54) is 18.9 Å². The largest absolute Gasteiger partial charge is 0.468 e. The molecule has 0 saturated carbocycles. The Morgan fingerprint density at radius 3 is 2.65 bits per heavy atom. The van der Waals surface area contributed by atoms with Crippen molar-refractivity contribution in [1.82, 2.24) is 4.98 Å². The van der Waals surface area contributed by atoms with Gasteiger partial charge in [-0.1, -0.05) is 24.0 Å². The monoisotopic (exact) mass is 270 g/mol. The summed E-state index contributed by atoms with van der Waals surface area (Å²) in [5, 5.41) is -0.309. The predicted octanol–water partition coefficient (Wildman–Crippen LogP) is 2.10. The average molecular weight is 270 g/mol. The van der Waals surface area contributed by atoms with Crippen LogP contribution in [0, 0.1) is 0 Å². The van der Waals surface area contributed by atoms with Gasteiger partial charge in [0, 0.05) is 25.1 Å². The zero-order valence-electron chi connectivity index (χ0n) is 9.91. The fraction of sp³-hybridized carbons (Fsp3) is 0.364. The first-order valence-corrected chi connectivity index (χ1v) is 6.27. The van der Waals surface area contributed by atoms with Crippen molar-refractivity contribution in [3.05, 3.63) is 24.5 Å². The molecule has 1 aromatic heterocycles. The van der Waals surface area contributed by atoms with Crippen LogP contribution in [0.2, 0.25) is 0 Å². The first-order chi connectivity index (χ1) is 8.06. The van der Waals surface area contributed by atoms with E-state index in [1.807, 2.05) is 24.1 Å². The molecule has 0 aliphatic heterocycles. The fourth-order valence-electron chi connectivity index (χ4n) is 1.12. The lowest BCUT2D eigenvalue weighted by Gasteiger charge is -2.20. The standard InChI is InChI=1S/C11H14N2O2S2/c1-8(10(14)15-3)17-11(16)13(2)9-4-6-12-7-5-9/h4-8H,1-3H3/t8-/m1/s1. The van der Waals surface area contributed by atoms with Gasteiger partial charge in [0.25, 0.3) is 0 Å². The van der Waals surface area contributed by atoms with Crippen molar-refractivity contribution in [1.29, 1.82) is 0 Å². The van der Waals surface area contributed by atoms with Crippen molar-refractivity contribution in [2.45, 2.75) is 12.2 Å². The van der Waals surface area contributed by atoms with E-state index >= 15 is 0 Å². The fourth-order valence-corrected chi connectivity index (χ4v) is 2.41. The van der Waals surface area contributed by atoms with E-state index in [4.69, 9.17) is 12.2 Å². The SMILES string of the molecule is COC(=O)[C@@H](C)SC(=S)N(C)c1ccncc1. The number of rotatable bonds is 3. The number of carbonyl (C=O) groups is 1. The molecule has 1 atom stereocenters. The number of hydrogen-bond donors (Lipinski definition) is 0. The van der Waals surface area contributed by atoms with E-state index in [0.29, 0.717) is 4.32 Å². The summed E-state index contributed by atoms with van der Waals surface area (Å²) < 4.78 is 5.27. The summed E-state index contributed by atoms with van der Waals surface area (Å²) in [7, 11) is 3.23. The second-order valence-electron chi connectivity index (χ2n) is 3.31. The van der Waals surface area contributed by atoms with Gasteiger partial charge < -0.3 is 9.64 Å². The van der Waals surface area contributed by atoms with Gasteiger partial charge in [0.05, 0.1) is 7.11 Å². The molecule has 1 rings (SSSR count). The van der Waals surface area contributed by atoms with Crippen LogP contribution in [0.3, 0.4) is 0 Å². The Hall–Kier alpha value is -1.14. The van der Waals surface area contributed by atoms with Crippen molar-refractivity contribution in [3.8, 4) is 0 Å². The Morgan fingerprint density at radius 2 is 2.12 bits per heavy atom. The van der Waals surface area contributed by atoms with Crippen molar-refractivity contribution in [2.24, 2.45) is 0 Å². The number of thiocarbonyl (C=S) groups is 1. The molecule has 6 heteroatoms. The molecular formula is C11H14N2O2S2. The van der Waals surface area contributed by atoms with Crippen LogP contribution < -0.4 is 4.90 Å². The Kier molecular flexibility index (Phi) is 5.37. The molecule has 92 valence electrons. The minimum absolute atomic E-state index is 0.277. The highest BCUT2D eigenvalue weighted by molar-refractivity contribution is 8.24. The number of ether oxygens (including phenoxy) is 1. The molecule has 0 saturated heterocycles. The van der Waals surface area contributed by atoms with Crippen LogP contribution in [0.25, 0.3) is 0 Å². The number of hydrogen-bond acceptors (Lipinski definition) is 5. The van der Waals surface area contributed by atoms with Crippen molar-refractivity contribution >= 4 is 40.0 Å². The van der Waals surface area contributed by atoms with Crippen LogP contribution in [0.1, 0.15) is 6.92 Å². The van der Waals surface area contributed by atoms with Crippen molar-refractivity contribution in [2.75, 3.05) is 19.1 Å². The average Bonchev–Trinajstić information content (AvgIpc) is 2.37. The number of anilines is 1. The first-order valence-electron chi connectivity index (χ1n) is 4.98. The summed E-state index contributed by atoms with van der Waals surface area (Å²) in [4.78, 5) is 17.0. The van der Waals surface area contributed by atoms with E-state index in [9.17, 15) is 4.79 Å². The summed E-state index contributed by atoms with van der Waals surface area (Å²) in [6, 6.07) is 3.71. The smallest absolute Gasteiger partial charge is 0.318 e. The Morgan fingerprint density at radius 1 is 1.53 bits per heavy atom. The molecule has 0 aromatic carbocycles. The summed E-state index contributed by atoms with van der Waals surface area (Å²) in [6.07, 6.45) is 3.39. The number of thioether (sulfide) groups is 1. The van der Waals surface area contributed by atoms with Crippen molar-refractivity contribution in [3.63, 3.8) is 0 Å². The van der Waals surface area contributed by atoms with E-state index < -0.39 is 0 Å². The lowest BCUT2D eigenvalue weighted by Crippen LogP contribution is -2.26. The summed E-state index contributed by atoms with van der Waals surface area (Å²) >= 11 is 6.56. The van der Waals surface area contributed by atoms with Gasteiger partial charge in [-0.05, 0) is 19.1 Å². The van der Waals surface area contributed by atoms with E-state index in [-0.39, 0.29) is 11.2 Å². The second kappa shape index (κ2) is 6.56. The molecule has 0 amide bonds. The van der Waals surface area contributed by atoms with E-state index in [2.05, 4.69) is 9.72 Å². The zero-order chi connectivity index (χ0) is 12.8. The molecule has 17 heavy (non-hydrogen) atoms. The van der Waals surface area contributed by atoms with Gasteiger partial charge in [-0.3, -0.25) is 9.78 Å². The van der Waals surface area contributed by atoms with Gasteiger partial charge in [-0.2, -0.15) is 0 Å². The maximum atomic E-state index is 11.3. The molecule has 0 aliphatic rings. The number of methoxy groups -OCH3 is 1. The molecule has 4 nitrogen and oxygen atoms in total. The van der Waals surface area contributed by atoms with Crippen molar-refractivity contribution < 1.29 is 9.53 Å². The predicted molar refractivity (Wildman–Crippen MR) is 74.3 cm³/mol. The number of esters is 1. The van der Waals surface area contributed by atoms with Gasteiger partial charge >= 0.3 is 5.97 Å². The molecule has 0 unspecified atom stereocenters. The lowest BCUT2D eigenvalue weighted by molar-refractivity contribution is -0.139. The summed E-state index contributed by atoms with van der Waals surface area (Å²) in [5.41, 5.74) is 0.939. The number of aromatic nitrogens is 1. The molecule has 0 aliphatic carbocycles. The maximum Gasteiger partial charge on any atom is 0.318 e. The number of carbonyl (C=O) groups excluding carboxylic acids is 1. The lowest BCUT2D eigenvalue weighted by atomic mass is 10.4. The van der Waals surface area contributed by atoms with E-state index in [0.717, 1.165) is 5.69 Å². The van der Waals surface area contributed by atoms with Gasteiger partial charge in [-0.15, -0.1) is 0 Å². The molecule has 0 N–H and O–H groups in total. The van der Waals surface area contributed by atoms with Gasteiger partial charge in [0.1, 0.15) is 9.57 Å². The maximum absolute atomic E-state index is 11.3. The molecule has 0 fully saturated rings. The quantitative estimate of drug-likeness (QED) is 0.619. The Balaban J connectivity index is 2.62. The number of nitrogens with zero attached hydrogens (tertiary/aromatic N) is 2. The van der Waals surface area contributed by atoms with Gasteiger partial charge in [0.15, 0.2) is 0 Å². The van der Waals surface area contributed by atoms with Crippen LogP contribution >= 0.6 is 24.0 Å². The summed E-state index contributed by atoms with van der Waals surface area (Å²) in [6.45, 7) is 1.77. The van der Waals surface area contributed by atoms with Gasteiger partial charge in [0.2, 0.25) is 0 Å². The third-order valence-corrected chi connectivity index (χ3v) is 3.72. The van der Waals surface area contributed by atoms with E-state index in [1.54, 1.807) is 19.3 Å². The normalized spacial score (nSPS) is 11.7. The third kappa shape index (κ3) is 3.98. The van der Waals surface area contributed by atoms with Crippen LogP contribution in [-0.2, 0) is 9.53 Å².